The molecule has 0 aromatic carbocycles. The van der Waals surface area contributed by atoms with Crippen LogP contribution in [0.15, 0.2) is 0 Å². The first-order chi connectivity index (χ1) is 4.85. The average Bonchev–Trinajstić information content (AvgIpc) is 1.99. The van der Waals surface area contributed by atoms with Crippen LogP contribution in [0.4, 0.5) is 0 Å². The summed E-state index contributed by atoms with van der Waals surface area (Å²) >= 11 is 0. The van der Waals surface area contributed by atoms with Crippen molar-refractivity contribution in [2.24, 2.45) is 5.73 Å². The molecule has 1 radical (unpaired) electrons. The quantitative estimate of drug-likeness (QED) is 0.350. The van der Waals surface area contributed by atoms with E-state index in [0.29, 0.717) is 13.0 Å². The summed E-state index contributed by atoms with van der Waals surface area (Å²) in [7, 11) is 0. The number of nitrogens with one attached hydrogen (secondary N) is 1. The molecule has 4 heteroatoms. The van der Waals surface area contributed by atoms with Gasteiger partial charge >= 0.3 is 0 Å². The Hall–Kier alpha value is -0.450. The minimum atomic E-state index is -0.549. The van der Waals surface area contributed by atoms with Crippen LogP contribution in [0.5, 0.6) is 0 Å². The Kier molecular flexibility index (Phi) is 6.37. The van der Waals surface area contributed by atoms with Crippen LogP contribution in [-0.4, -0.2) is 24.1 Å². The van der Waals surface area contributed by atoms with Gasteiger partial charge in [-0.3, -0.25) is 4.79 Å². The Bertz CT molecular complexity index is 87.8. The predicted molar refractivity (Wildman–Crippen MR) is 37.3 cm³/mol. The lowest BCUT2D eigenvalue weighted by Gasteiger charge is -2.04. The number of rotatable bonds is 6. The van der Waals surface area contributed by atoms with Crippen LogP contribution in [0.3, 0.4) is 0 Å². The van der Waals surface area contributed by atoms with Crippen LogP contribution in [0.25, 0.3) is 0 Å². The molecule has 4 nitrogen and oxygen atoms in total. The SMILES string of the molecule is NCCCC[C@@H]([C]=O)NO. The first kappa shape index (κ1) is 9.55. The maximum atomic E-state index is 9.95. The molecule has 59 valence electrons. The number of hydroxylamine groups is 1. The van der Waals surface area contributed by atoms with Gasteiger partial charge in [-0.25, -0.2) is 0 Å². The number of hydrogen-bond acceptors (Lipinski definition) is 4. The zero-order valence-electron chi connectivity index (χ0n) is 5.84. The summed E-state index contributed by atoms with van der Waals surface area (Å²) < 4.78 is 0. The maximum absolute atomic E-state index is 9.95. The molecule has 10 heavy (non-hydrogen) atoms. The van der Waals surface area contributed by atoms with Gasteiger partial charge < -0.3 is 10.9 Å². The number of nitrogens with two attached hydrogens (primary N) is 1. The average molecular weight is 145 g/mol. The van der Waals surface area contributed by atoms with Crippen molar-refractivity contribution in [1.82, 2.24) is 5.48 Å². The predicted octanol–water partition coefficient (Wildman–Crippen LogP) is -0.427. The minimum absolute atomic E-state index is 0.549. The Balaban J connectivity index is 3.17. The molecule has 0 aliphatic carbocycles. The molecule has 0 unspecified atom stereocenters. The standard InChI is InChI=1S/C6H13N2O2/c7-4-2-1-3-6(5-9)8-10/h6,8,10H,1-4,7H2/t6-/m0/s1. The summed E-state index contributed by atoms with van der Waals surface area (Å²) in [5.41, 5.74) is 7.06. The Labute approximate surface area is 60.4 Å². The van der Waals surface area contributed by atoms with Crippen molar-refractivity contribution in [2.75, 3.05) is 6.54 Å². The summed E-state index contributed by atoms with van der Waals surface area (Å²) in [6.45, 7) is 0.622. The fraction of sp³-hybridized carbons (Fsp3) is 0.833. The molecule has 0 aromatic rings. The summed E-state index contributed by atoms with van der Waals surface area (Å²) in [5, 5.41) is 8.28. The van der Waals surface area contributed by atoms with Crippen LogP contribution >= 0.6 is 0 Å². The van der Waals surface area contributed by atoms with Crippen molar-refractivity contribution < 1.29 is 10.0 Å². The fourth-order valence-electron chi connectivity index (χ4n) is 0.643. The van der Waals surface area contributed by atoms with Gasteiger partial charge in [0.1, 0.15) is 0 Å². The molecule has 0 bridgehead atoms. The second-order valence-corrected chi connectivity index (χ2v) is 2.08. The van der Waals surface area contributed by atoms with Gasteiger partial charge in [-0.2, -0.15) is 5.48 Å². The van der Waals surface area contributed by atoms with Crippen molar-refractivity contribution in [3.05, 3.63) is 0 Å². The molecule has 0 saturated carbocycles. The molecule has 0 aliphatic rings. The van der Waals surface area contributed by atoms with Crippen LogP contribution in [0.2, 0.25) is 0 Å². The molecular weight excluding hydrogens is 132 g/mol. The number of hydrogen-bond donors (Lipinski definition) is 3. The van der Waals surface area contributed by atoms with E-state index in [2.05, 4.69) is 0 Å². The van der Waals surface area contributed by atoms with Gasteiger partial charge in [0, 0.05) is 0 Å². The lowest BCUT2D eigenvalue weighted by atomic mass is 10.1. The van der Waals surface area contributed by atoms with E-state index >= 15 is 0 Å². The molecule has 0 aliphatic heterocycles. The van der Waals surface area contributed by atoms with Crippen molar-refractivity contribution in [2.45, 2.75) is 25.3 Å². The molecule has 0 rings (SSSR count). The summed E-state index contributed by atoms with van der Waals surface area (Å²) in [5.74, 6) is 0. The molecule has 0 heterocycles. The third-order valence-electron chi connectivity index (χ3n) is 1.25. The third kappa shape index (κ3) is 4.43. The van der Waals surface area contributed by atoms with E-state index in [1.165, 1.54) is 0 Å². The van der Waals surface area contributed by atoms with Crippen LogP contribution in [0.1, 0.15) is 19.3 Å². The molecule has 4 N–H and O–H groups in total. The summed E-state index contributed by atoms with van der Waals surface area (Å²) in [6, 6.07) is -0.549. The van der Waals surface area contributed by atoms with Gasteiger partial charge in [0.2, 0.25) is 6.29 Å². The third-order valence-corrected chi connectivity index (χ3v) is 1.25. The molecule has 0 spiro atoms. The largest absolute Gasteiger partial charge is 0.330 e. The minimum Gasteiger partial charge on any atom is -0.330 e. The Morgan fingerprint density at radius 3 is 2.70 bits per heavy atom. The van der Waals surface area contributed by atoms with Crippen molar-refractivity contribution >= 4 is 6.29 Å². The molecule has 1 atom stereocenters. The van der Waals surface area contributed by atoms with E-state index in [1.807, 2.05) is 5.48 Å². The summed E-state index contributed by atoms with van der Waals surface area (Å²) in [4.78, 5) is 9.95. The molecule has 0 aromatic heterocycles. The highest BCUT2D eigenvalue weighted by molar-refractivity contribution is 5.57. The second-order valence-electron chi connectivity index (χ2n) is 2.08. The normalized spacial score (nSPS) is 13.0. The molecule has 0 saturated heterocycles. The van der Waals surface area contributed by atoms with E-state index in [1.54, 1.807) is 6.29 Å². The summed E-state index contributed by atoms with van der Waals surface area (Å²) in [6.07, 6.45) is 3.97. The maximum Gasteiger partial charge on any atom is 0.219 e. The van der Waals surface area contributed by atoms with Gasteiger partial charge in [0.05, 0.1) is 6.04 Å². The molecule has 0 fully saturated rings. The highest BCUT2D eigenvalue weighted by Crippen LogP contribution is 1.96. The van der Waals surface area contributed by atoms with E-state index in [-0.39, 0.29) is 0 Å². The highest BCUT2D eigenvalue weighted by atomic mass is 16.5. The van der Waals surface area contributed by atoms with Gasteiger partial charge in [-0.15, -0.1) is 0 Å². The number of unbranched alkanes of at least 4 members (excludes halogenated alkanes) is 1. The van der Waals surface area contributed by atoms with E-state index < -0.39 is 6.04 Å². The smallest absolute Gasteiger partial charge is 0.219 e. The van der Waals surface area contributed by atoms with E-state index in [0.717, 1.165) is 12.8 Å². The first-order valence-electron chi connectivity index (χ1n) is 3.32. The van der Waals surface area contributed by atoms with E-state index in [4.69, 9.17) is 10.9 Å². The van der Waals surface area contributed by atoms with Crippen molar-refractivity contribution in [3.63, 3.8) is 0 Å². The lowest BCUT2D eigenvalue weighted by molar-refractivity contribution is 0.144. The van der Waals surface area contributed by atoms with Gasteiger partial charge in [-0.1, -0.05) is 6.42 Å². The van der Waals surface area contributed by atoms with Crippen molar-refractivity contribution in [3.8, 4) is 0 Å². The van der Waals surface area contributed by atoms with Gasteiger partial charge in [0.25, 0.3) is 0 Å². The van der Waals surface area contributed by atoms with Crippen LogP contribution < -0.4 is 11.2 Å². The first-order valence-corrected chi connectivity index (χ1v) is 3.32. The monoisotopic (exact) mass is 145 g/mol. The second kappa shape index (κ2) is 6.67. The van der Waals surface area contributed by atoms with Crippen LogP contribution in [-0.2, 0) is 4.79 Å². The number of carbonyl (C=O) groups excluding carboxylic acids is 1. The highest BCUT2D eigenvalue weighted by Gasteiger charge is 2.03. The van der Waals surface area contributed by atoms with Crippen LogP contribution in [0, 0.1) is 0 Å². The zero-order valence-corrected chi connectivity index (χ0v) is 5.84. The van der Waals surface area contributed by atoms with Gasteiger partial charge in [-0.05, 0) is 19.4 Å². The fourth-order valence-corrected chi connectivity index (χ4v) is 0.643. The zero-order chi connectivity index (χ0) is 7.82. The Morgan fingerprint density at radius 1 is 1.60 bits per heavy atom. The lowest BCUT2D eigenvalue weighted by Crippen LogP contribution is -2.27. The van der Waals surface area contributed by atoms with Crippen molar-refractivity contribution in [1.29, 1.82) is 0 Å². The molecule has 0 amide bonds. The Morgan fingerprint density at radius 2 is 2.30 bits per heavy atom. The topological polar surface area (TPSA) is 75.4 Å². The molecular formula is C6H13N2O2. The van der Waals surface area contributed by atoms with Gasteiger partial charge in [0.15, 0.2) is 0 Å². The van der Waals surface area contributed by atoms with E-state index in [9.17, 15) is 4.79 Å².